The molecule has 0 aromatic heterocycles. The molecule has 0 unspecified atom stereocenters. The fraction of sp³-hybridized carbons (Fsp3) is 0.0118. The zero-order valence-corrected chi connectivity index (χ0v) is 54.1. The summed E-state index contributed by atoms with van der Waals surface area (Å²) in [6.45, 7) is -0.251. The van der Waals surface area contributed by atoms with Crippen LogP contribution >= 0.6 is 11.8 Å². The number of nitrogens with zero attached hydrogens (tertiary/aromatic N) is 4. The summed E-state index contributed by atoms with van der Waals surface area (Å²) >= 11 is 1.71. The summed E-state index contributed by atoms with van der Waals surface area (Å²) in [5, 5.41) is 8.54. The summed E-state index contributed by atoms with van der Waals surface area (Å²) in [5.74, 6) is 0. The van der Waals surface area contributed by atoms with Gasteiger partial charge in [-0.15, -0.1) is 0 Å². The van der Waals surface area contributed by atoms with Gasteiger partial charge in [-0.2, -0.15) is 0 Å². The van der Waals surface area contributed by atoms with Crippen LogP contribution in [0.15, 0.2) is 350 Å². The zero-order chi connectivity index (χ0) is 62.6. The van der Waals surface area contributed by atoms with Gasteiger partial charge in [-0.25, -0.2) is 0 Å². The molecule has 5 heterocycles. The number of fused-ring (bicyclic) bond motifs is 9. The van der Waals surface area contributed by atoms with Crippen molar-refractivity contribution in [2.45, 2.75) is 15.5 Å². The average molecular weight is 1300 g/mol. The molecular formula is C85H58B2N6SSe. The Balaban J connectivity index is 0.924. The van der Waals surface area contributed by atoms with Crippen molar-refractivity contribution in [1.82, 2.24) is 0 Å². The van der Waals surface area contributed by atoms with Gasteiger partial charge in [0.25, 0.3) is 0 Å². The molecular weight excluding hydrogens is 1240 g/mol. The van der Waals surface area contributed by atoms with Gasteiger partial charge in [0.05, 0.1) is 0 Å². The van der Waals surface area contributed by atoms with E-state index >= 15 is 0 Å². The first-order chi connectivity index (χ1) is 47.1. The summed E-state index contributed by atoms with van der Waals surface area (Å²) in [5.41, 5.74) is 27.7. The number of hydrogen-bond donors (Lipinski definition) is 2. The summed E-state index contributed by atoms with van der Waals surface area (Å²) in [6.07, 6.45) is 0. The Morgan fingerprint density at radius 2 is 0.779 bits per heavy atom. The van der Waals surface area contributed by atoms with E-state index in [-0.39, 0.29) is 28.4 Å². The van der Waals surface area contributed by atoms with Crippen molar-refractivity contribution < 1.29 is 0 Å². The van der Waals surface area contributed by atoms with Gasteiger partial charge in [-0.3, -0.25) is 0 Å². The zero-order valence-electron chi connectivity index (χ0n) is 51.6. The quantitative estimate of drug-likeness (QED) is 0.125. The molecule has 0 fully saturated rings. The van der Waals surface area contributed by atoms with E-state index in [1.54, 1.807) is 0 Å². The topological polar surface area (TPSA) is 37.0 Å². The van der Waals surface area contributed by atoms with Gasteiger partial charge in [0.15, 0.2) is 0 Å². The molecule has 0 amide bonds. The fourth-order valence-corrected chi connectivity index (χ4v) is 19.9. The molecule has 14 aromatic rings. The SMILES string of the molecule is c1ccc(N(c2ccccc2)c2cc3c4c(c2)N(c2ccccc2)c2ccccc2B4c2cc4c(c(-c5cccc6c5NC(c5ccccc5)(c5ccccc5)N6)c2S3)[Se]c2cc(N(c3ccccc3)c3ccccc3)cc3c2B4c2ccccc2N3c2ccccc2)cc1. The third-order valence-corrected chi connectivity index (χ3v) is 23.3. The minimum atomic E-state index is -0.774. The molecule has 0 saturated heterocycles. The van der Waals surface area contributed by atoms with Crippen LogP contribution in [0.2, 0.25) is 0 Å². The molecule has 5 aliphatic rings. The van der Waals surface area contributed by atoms with Crippen LogP contribution in [0.4, 0.5) is 79.6 Å². The summed E-state index contributed by atoms with van der Waals surface area (Å²) < 4.78 is 2.77. The predicted molar refractivity (Wildman–Crippen MR) is 403 cm³/mol. The first-order valence-corrected chi connectivity index (χ1v) is 35.1. The molecule has 0 aliphatic carbocycles. The molecule has 2 N–H and O–H groups in total. The summed E-state index contributed by atoms with van der Waals surface area (Å²) in [4.78, 5) is 12.5. The van der Waals surface area contributed by atoms with Crippen LogP contribution in [-0.2, 0) is 5.66 Å². The molecule has 0 saturated carbocycles. The van der Waals surface area contributed by atoms with Gasteiger partial charge in [-0.05, 0) is 0 Å². The van der Waals surface area contributed by atoms with E-state index in [9.17, 15) is 0 Å². The molecule has 95 heavy (non-hydrogen) atoms. The van der Waals surface area contributed by atoms with E-state index < -0.39 is 5.66 Å². The summed E-state index contributed by atoms with van der Waals surface area (Å²) in [7, 11) is 0. The van der Waals surface area contributed by atoms with Crippen LogP contribution in [0, 0.1) is 0 Å². The number of nitrogens with one attached hydrogen (secondary N) is 2. The fourth-order valence-electron chi connectivity index (χ4n) is 15.6. The first kappa shape index (κ1) is 55.5. The predicted octanol–water partition coefficient (Wildman–Crippen LogP) is 16.1. The standard InChI is InChI=1S/C85H58B2N6SSe/c1-9-30-57(31-10-1)85(58-32-11-2-12-33-58)88-72-49-29-46-67(82(72)89-85)79-83-70(86-68-47-25-27-50-73(68)92(63-42-21-7-22-43-63)75-52-65(54-77(94-83)80(75)86)90(59-34-13-3-14-35-59)60-36-15-4-16-37-60)56-71-84(79)95-78-55-66(91(61-38-17-5-18-39-61)62-40-19-6-20-41-62)53-76-81(78)87(71)69-48-26-28-51-74(69)93(76)64-44-23-8-24-45-64/h1-56,88-89H. The Morgan fingerprint density at radius 3 is 1.28 bits per heavy atom. The number of para-hydroxylation sites is 9. The van der Waals surface area contributed by atoms with E-state index in [0.29, 0.717) is 0 Å². The number of rotatable bonds is 11. The number of hydrogen-bond acceptors (Lipinski definition) is 7. The Hall–Kier alpha value is -11.1. The minimum absolute atomic E-state index is 0.115. The third-order valence-electron chi connectivity index (χ3n) is 19.6. The van der Waals surface area contributed by atoms with E-state index in [1.807, 2.05) is 11.8 Å². The second-order valence-electron chi connectivity index (χ2n) is 24.8. The molecule has 14 aromatic carbocycles. The van der Waals surface area contributed by atoms with Crippen LogP contribution in [0.25, 0.3) is 11.1 Å². The maximum atomic E-state index is 4.35. The normalized spacial score (nSPS) is 13.8. The van der Waals surface area contributed by atoms with E-state index in [1.165, 1.54) is 85.4 Å². The average Bonchev–Trinajstić information content (AvgIpc) is 0.790. The van der Waals surface area contributed by atoms with Crippen LogP contribution in [0.5, 0.6) is 0 Å². The van der Waals surface area contributed by atoms with Crippen molar-refractivity contribution in [1.29, 1.82) is 0 Å². The Bertz CT molecular complexity index is 4910. The van der Waals surface area contributed by atoms with Crippen molar-refractivity contribution in [3.05, 3.63) is 351 Å². The van der Waals surface area contributed by atoms with Crippen LogP contribution in [0.3, 0.4) is 0 Å². The van der Waals surface area contributed by atoms with Crippen LogP contribution < -0.4 is 71.9 Å². The van der Waals surface area contributed by atoms with Crippen molar-refractivity contribution >= 4 is 161 Å². The van der Waals surface area contributed by atoms with Gasteiger partial charge in [0, 0.05) is 0 Å². The molecule has 446 valence electrons. The second kappa shape index (κ2) is 22.6. The monoisotopic (exact) mass is 1300 g/mol. The molecule has 6 nitrogen and oxygen atoms in total. The molecule has 0 bridgehead atoms. The number of anilines is 14. The van der Waals surface area contributed by atoms with E-state index in [2.05, 4.69) is 370 Å². The Kier molecular flexibility index (Phi) is 13.2. The van der Waals surface area contributed by atoms with Crippen molar-refractivity contribution in [3.63, 3.8) is 0 Å². The van der Waals surface area contributed by atoms with Crippen molar-refractivity contribution in [2.24, 2.45) is 0 Å². The third kappa shape index (κ3) is 8.90. The Morgan fingerprint density at radius 1 is 0.347 bits per heavy atom. The van der Waals surface area contributed by atoms with Gasteiger partial charge < -0.3 is 0 Å². The molecule has 0 spiro atoms. The molecule has 0 atom stereocenters. The number of benzene rings is 14. The molecule has 0 radical (unpaired) electrons. The maximum absolute atomic E-state index is 4.35. The van der Waals surface area contributed by atoms with Gasteiger partial charge in [0.1, 0.15) is 0 Å². The molecule has 5 aliphatic heterocycles. The Labute approximate surface area is 565 Å². The summed E-state index contributed by atoms with van der Waals surface area (Å²) in [6, 6.07) is 126. The van der Waals surface area contributed by atoms with Gasteiger partial charge in [0.2, 0.25) is 0 Å². The van der Waals surface area contributed by atoms with Gasteiger partial charge in [-0.1, -0.05) is 0 Å². The first-order valence-electron chi connectivity index (χ1n) is 32.6. The molecule has 10 heteroatoms. The van der Waals surface area contributed by atoms with Crippen molar-refractivity contribution in [3.8, 4) is 11.1 Å². The van der Waals surface area contributed by atoms with E-state index in [0.717, 1.165) is 68.0 Å². The van der Waals surface area contributed by atoms with Crippen LogP contribution in [-0.4, -0.2) is 28.4 Å². The van der Waals surface area contributed by atoms with Crippen LogP contribution in [0.1, 0.15) is 11.1 Å². The molecule has 19 rings (SSSR count). The van der Waals surface area contributed by atoms with Gasteiger partial charge >= 0.3 is 569 Å². The second-order valence-corrected chi connectivity index (χ2v) is 28.1. The van der Waals surface area contributed by atoms with E-state index in [4.69, 9.17) is 0 Å². The van der Waals surface area contributed by atoms with Crippen molar-refractivity contribution in [2.75, 3.05) is 30.2 Å².